The number of benzene rings is 2. The first-order valence-corrected chi connectivity index (χ1v) is 12.0. The molecule has 164 valence electrons. The highest BCUT2D eigenvalue weighted by Gasteiger charge is 2.32. The van der Waals surface area contributed by atoms with Crippen LogP contribution < -0.4 is 9.62 Å². The molecule has 0 bridgehead atoms. The number of nitrogens with one attached hydrogen (secondary N) is 1. The highest BCUT2D eigenvalue weighted by Crippen LogP contribution is 2.52. The van der Waals surface area contributed by atoms with Crippen molar-refractivity contribution in [1.29, 1.82) is 0 Å². The van der Waals surface area contributed by atoms with Gasteiger partial charge < -0.3 is 5.32 Å². The maximum Gasteiger partial charge on any atom is 0.162 e. The molecule has 6 nitrogen and oxygen atoms in total. The molecule has 3 N–H and O–H groups in total. The van der Waals surface area contributed by atoms with Gasteiger partial charge in [-0.3, -0.25) is 18.2 Å². The van der Waals surface area contributed by atoms with Crippen LogP contribution in [-0.4, -0.2) is 46.4 Å². The summed E-state index contributed by atoms with van der Waals surface area (Å²) in [5.41, 5.74) is 3.51. The Kier molecular flexibility index (Phi) is 7.79. The zero-order chi connectivity index (χ0) is 21.7. The number of hydrogen-bond donors (Lipinski definition) is 3. The number of nitrogens with zero attached hydrogens (tertiary/aromatic N) is 2. The third kappa shape index (κ3) is 5.35. The van der Waals surface area contributed by atoms with Crippen LogP contribution in [0.2, 0.25) is 5.02 Å². The van der Waals surface area contributed by atoms with Gasteiger partial charge in [0, 0.05) is 37.6 Å². The van der Waals surface area contributed by atoms with Gasteiger partial charge in [0.25, 0.3) is 0 Å². The van der Waals surface area contributed by atoms with Crippen LogP contribution in [0.3, 0.4) is 0 Å². The van der Waals surface area contributed by atoms with Crippen LogP contribution >= 0.6 is 22.6 Å². The molecule has 0 saturated carbocycles. The van der Waals surface area contributed by atoms with Gasteiger partial charge in [0.05, 0.1) is 5.69 Å². The normalized spacial score (nSPS) is 16.9. The molecule has 2 aromatic carbocycles. The number of anilines is 1. The molecule has 8 heteroatoms. The summed E-state index contributed by atoms with van der Waals surface area (Å²) >= 11 is 6.16. The molecule has 0 radical (unpaired) electrons. The molecule has 0 saturated heterocycles. The molecule has 0 aliphatic carbocycles. The van der Waals surface area contributed by atoms with Gasteiger partial charge in [0.1, 0.15) is 0 Å². The minimum Gasteiger partial charge on any atom is -0.316 e. The molecule has 1 aliphatic rings. The lowest BCUT2D eigenvalue weighted by atomic mass is 10.0. The fraction of sp³-hybridized carbons (Fsp3) is 0.409. The Hall–Kier alpha value is -1.61. The molecular formula is C22H30ClN3O3S. The standard InChI is InChI=1S/C22H30ClN3O3S/c1-25-16-19-15-18(10-11-21(19)26(2)30(25,28)29)22(27)9-5-6-13-24-14-12-17-7-3-4-8-20(17)23/h3-4,7-8,10-11,15,24,28-29H,5-6,9,12-14,16H2,1-2H3. The molecule has 2 aromatic rings. The van der Waals surface area contributed by atoms with E-state index < -0.39 is 11.0 Å². The van der Waals surface area contributed by atoms with E-state index in [2.05, 4.69) is 5.32 Å². The third-order valence-electron chi connectivity index (χ3n) is 5.46. The monoisotopic (exact) mass is 451 g/mol. The zero-order valence-electron chi connectivity index (χ0n) is 17.5. The molecule has 3 rings (SSSR count). The minimum atomic E-state index is -2.96. The summed E-state index contributed by atoms with van der Waals surface area (Å²) in [7, 11) is 0.361. The molecule has 0 atom stereocenters. The number of carbonyl (C=O) groups is 1. The van der Waals surface area contributed by atoms with Crippen molar-refractivity contribution in [3.05, 3.63) is 64.2 Å². The van der Waals surface area contributed by atoms with Gasteiger partial charge in [0.15, 0.2) is 5.78 Å². The highest BCUT2D eigenvalue weighted by atomic mass is 35.5. The van der Waals surface area contributed by atoms with Crippen LogP contribution in [0.4, 0.5) is 5.69 Å². The smallest absolute Gasteiger partial charge is 0.162 e. The Morgan fingerprint density at radius 1 is 1.13 bits per heavy atom. The van der Waals surface area contributed by atoms with Crippen LogP contribution in [0.5, 0.6) is 0 Å². The fourth-order valence-corrected chi connectivity index (χ4v) is 4.99. The summed E-state index contributed by atoms with van der Waals surface area (Å²) < 4.78 is 23.5. The van der Waals surface area contributed by atoms with E-state index in [1.807, 2.05) is 30.3 Å². The molecular weight excluding hydrogens is 422 g/mol. The van der Waals surface area contributed by atoms with Crippen molar-refractivity contribution < 1.29 is 13.9 Å². The second-order valence-corrected chi connectivity index (χ2v) is 10.1. The predicted molar refractivity (Wildman–Crippen MR) is 125 cm³/mol. The van der Waals surface area contributed by atoms with E-state index >= 15 is 0 Å². The zero-order valence-corrected chi connectivity index (χ0v) is 19.0. The van der Waals surface area contributed by atoms with E-state index in [1.54, 1.807) is 26.2 Å². The Bertz CT molecular complexity index is 894. The van der Waals surface area contributed by atoms with Crippen molar-refractivity contribution in [2.24, 2.45) is 0 Å². The van der Waals surface area contributed by atoms with Crippen molar-refractivity contribution in [3.63, 3.8) is 0 Å². The van der Waals surface area contributed by atoms with Crippen molar-refractivity contribution >= 4 is 34.0 Å². The number of rotatable bonds is 9. The van der Waals surface area contributed by atoms with Gasteiger partial charge in [-0.25, -0.2) is 0 Å². The average molecular weight is 452 g/mol. The number of halogens is 1. The fourth-order valence-electron chi connectivity index (χ4n) is 3.59. The SMILES string of the molecule is CN1Cc2cc(C(=O)CCCCNCCc3ccccc3Cl)ccc2N(C)S1(O)O. The third-order valence-corrected chi connectivity index (χ3v) is 7.72. The Morgan fingerprint density at radius 2 is 1.90 bits per heavy atom. The number of unbranched alkanes of at least 4 members (excludes halogenated alkanes) is 1. The lowest BCUT2D eigenvalue weighted by molar-refractivity contribution is 0.0979. The second kappa shape index (κ2) is 10.1. The molecule has 0 amide bonds. The van der Waals surface area contributed by atoms with Crippen molar-refractivity contribution in [3.8, 4) is 0 Å². The molecule has 1 heterocycles. The van der Waals surface area contributed by atoms with Crippen molar-refractivity contribution in [1.82, 2.24) is 9.62 Å². The number of ketones is 1. The minimum absolute atomic E-state index is 0.122. The van der Waals surface area contributed by atoms with Crippen LogP contribution in [-0.2, 0) is 13.0 Å². The van der Waals surface area contributed by atoms with E-state index in [0.717, 1.165) is 54.2 Å². The predicted octanol–water partition coefficient (Wildman–Crippen LogP) is 4.99. The topological polar surface area (TPSA) is 76.0 Å². The molecule has 0 fully saturated rings. The summed E-state index contributed by atoms with van der Waals surface area (Å²) in [6.45, 7) is 2.14. The first-order valence-electron chi connectivity index (χ1n) is 10.1. The Morgan fingerprint density at radius 3 is 2.67 bits per heavy atom. The van der Waals surface area contributed by atoms with Crippen LogP contribution in [0.1, 0.15) is 40.7 Å². The lowest BCUT2D eigenvalue weighted by Gasteiger charge is -2.51. The summed E-state index contributed by atoms with van der Waals surface area (Å²) in [4.78, 5) is 12.6. The summed E-state index contributed by atoms with van der Waals surface area (Å²) in [6.07, 6.45) is 3.16. The number of Topliss-reactive ketones (excluding diaryl/α,β-unsaturated/α-hetero) is 1. The van der Waals surface area contributed by atoms with Gasteiger partial charge in [-0.2, -0.15) is 4.31 Å². The summed E-state index contributed by atoms with van der Waals surface area (Å²) in [5, 5.41) is 4.21. The van der Waals surface area contributed by atoms with Gasteiger partial charge in [-0.1, -0.05) is 40.8 Å². The van der Waals surface area contributed by atoms with E-state index in [1.165, 1.54) is 8.61 Å². The van der Waals surface area contributed by atoms with Gasteiger partial charge in [-0.05, 0) is 67.7 Å². The largest absolute Gasteiger partial charge is 0.316 e. The van der Waals surface area contributed by atoms with Crippen LogP contribution in [0.25, 0.3) is 0 Å². The first-order chi connectivity index (χ1) is 14.3. The van der Waals surface area contributed by atoms with E-state index in [9.17, 15) is 13.9 Å². The van der Waals surface area contributed by atoms with E-state index in [-0.39, 0.29) is 5.78 Å². The highest BCUT2D eigenvalue weighted by molar-refractivity contribution is 8.23. The maximum absolute atomic E-state index is 12.6. The second-order valence-electron chi connectivity index (χ2n) is 7.59. The van der Waals surface area contributed by atoms with E-state index in [4.69, 9.17) is 11.6 Å². The molecule has 0 unspecified atom stereocenters. The Balaban J connectivity index is 1.41. The van der Waals surface area contributed by atoms with Crippen LogP contribution in [0, 0.1) is 0 Å². The van der Waals surface area contributed by atoms with Gasteiger partial charge >= 0.3 is 0 Å². The molecule has 0 aromatic heterocycles. The number of fused-ring (bicyclic) bond motifs is 1. The van der Waals surface area contributed by atoms with Crippen molar-refractivity contribution in [2.45, 2.75) is 32.2 Å². The lowest BCUT2D eigenvalue weighted by Crippen LogP contribution is -2.39. The molecule has 0 spiro atoms. The van der Waals surface area contributed by atoms with E-state index in [0.29, 0.717) is 18.5 Å². The Labute approximate surface area is 185 Å². The molecule has 30 heavy (non-hydrogen) atoms. The number of carbonyl (C=O) groups excluding carboxylic acids is 1. The average Bonchev–Trinajstić information content (AvgIpc) is 2.72. The van der Waals surface area contributed by atoms with Crippen LogP contribution in [0.15, 0.2) is 42.5 Å². The molecule has 1 aliphatic heterocycles. The maximum atomic E-state index is 12.6. The summed E-state index contributed by atoms with van der Waals surface area (Å²) in [6, 6.07) is 13.3. The first kappa shape index (κ1) is 23.1. The quantitative estimate of drug-likeness (QED) is 0.368. The summed E-state index contributed by atoms with van der Waals surface area (Å²) in [5.74, 6) is 0.122. The van der Waals surface area contributed by atoms with Crippen molar-refractivity contribution in [2.75, 3.05) is 31.5 Å². The number of hydrogen-bond acceptors (Lipinski definition) is 6. The van der Waals surface area contributed by atoms with Gasteiger partial charge in [0.2, 0.25) is 0 Å². The van der Waals surface area contributed by atoms with Gasteiger partial charge in [-0.15, -0.1) is 0 Å².